The molecule has 8 heteroatoms. The Labute approximate surface area is 147 Å². The second kappa shape index (κ2) is 6.53. The average Bonchev–Trinajstić information content (AvgIpc) is 3.08. The monoisotopic (exact) mass is 360 g/mol. The molecule has 6 nitrogen and oxygen atoms in total. The third-order valence-electron chi connectivity index (χ3n) is 4.31. The van der Waals surface area contributed by atoms with Crippen LogP contribution in [0.5, 0.6) is 0 Å². The highest BCUT2D eigenvalue weighted by Gasteiger charge is 2.18. The Hall–Kier alpha value is -2.32. The van der Waals surface area contributed by atoms with Gasteiger partial charge in [0.15, 0.2) is 10.8 Å². The molecule has 0 saturated carbocycles. The number of benzene rings is 1. The molecule has 4 rings (SSSR count). The van der Waals surface area contributed by atoms with Crippen LogP contribution in [0.3, 0.4) is 0 Å². The molecule has 0 unspecified atom stereocenters. The standard InChI is InChI=1S/C17H17FN4O2S/c1-11-2-3-13(18)8-12(11)9-22-10-19-16(23)14-15(22)20-17(25-14)21-4-6-24-7-5-21/h2-3,8,10H,4-7,9H2,1H3. The number of fused-ring (bicyclic) bond motifs is 1. The first-order valence-electron chi connectivity index (χ1n) is 8.05. The molecule has 0 aliphatic carbocycles. The van der Waals surface area contributed by atoms with Crippen LogP contribution in [-0.4, -0.2) is 40.8 Å². The molecule has 1 saturated heterocycles. The van der Waals surface area contributed by atoms with Crippen LogP contribution < -0.4 is 10.5 Å². The highest BCUT2D eigenvalue weighted by molar-refractivity contribution is 7.22. The number of rotatable bonds is 3. The number of aryl methyl sites for hydroxylation is 1. The van der Waals surface area contributed by atoms with Gasteiger partial charge in [0.2, 0.25) is 0 Å². The highest BCUT2D eigenvalue weighted by Crippen LogP contribution is 2.27. The third-order valence-corrected chi connectivity index (χ3v) is 5.41. The normalized spacial score (nSPS) is 15.0. The lowest BCUT2D eigenvalue weighted by atomic mass is 10.1. The molecule has 0 atom stereocenters. The second-order valence-corrected chi connectivity index (χ2v) is 6.97. The summed E-state index contributed by atoms with van der Waals surface area (Å²) >= 11 is 1.35. The lowest BCUT2D eigenvalue weighted by molar-refractivity contribution is 0.122. The van der Waals surface area contributed by atoms with Crippen molar-refractivity contribution in [2.45, 2.75) is 13.5 Å². The first-order chi connectivity index (χ1) is 12.1. The molecule has 3 heterocycles. The number of aromatic nitrogens is 3. The lowest BCUT2D eigenvalue weighted by Crippen LogP contribution is -2.36. The van der Waals surface area contributed by atoms with E-state index in [1.54, 1.807) is 10.6 Å². The summed E-state index contributed by atoms with van der Waals surface area (Å²) in [6, 6.07) is 4.70. The number of hydrogen-bond acceptors (Lipinski definition) is 6. The number of thiazole rings is 1. The molecular weight excluding hydrogens is 343 g/mol. The van der Waals surface area contributed by atoms with Crippen LogP contribution >= 0.6 is 11.3 Å². The van der Waals surface area contributed by atoms with Crippen molar-refractivity contribution in [2.75, 3.05) is 31.2 Å². The van der Waals surface area contributed by atoms with E-state index in [4.69, 9.17) is 4.74 Å². The molecule has 3 aromatic rings. The minimum absolute atomic E-state index is 0.278. The number of morpholine rings is 1. The number of nitrogens with zero attached hydrogens (tertiary/aromatic N) is 4. The van der Waals surface area contributed by atoms with Crippen molar-refractivity contribution >= 4 is 26.8 Å². The molecule has 1 aromatic carbocycles. The molecule has 0 bridgehead atoms. The van der Waals surface area contributed by atoms with Gasteiger partial charge in [-0.15, -0.1) is 0 Å². The van der Waals surface area contributed by atoms with Crippen molar-refractivity contribution in [3.05, 3.63) is 51.8 Å². The van der Waals surface area contributed by atoms with Gasteiger partial charge in [-0.3, -0.25) is 4.79 Å². The molecule has 1 fully saturated rings. The van der Waals surface area contributed by atoms with Crippen molar-refractivity contribution in [3.63, 3.8) is 0 Å². The summed E-state index contributed by atoms with van der Waals surface area (Å²) in [5.41, 5.74) is 2.14. The lowest BCUT2D eigenvalue weighted by Gasteiger charge is -2.25. The van der Waals surface area contributed by atoms with Crippen LogP contribution in [0.15, 0.2) is 29.3 Å². The number of hydrogen-bond donors (Lipinski definition) is 0. The average molecular weight is 360 g/mol. The van der Waals surface area contributed by atoms with Crippen molar-refractivity contribution in [1.29, 1.82) is 0 Å². The molecular formula is C17H17FN4O2S. The van der Waals surface area contributed by atoms with Crippen LogP contribution in [0, 0.1) is 12.7 Å². The topological polar surface area (TPSA) is 60.2 Å². The van der Waals surface area contributed by atoms with Crippen molar-refractivity contribution in [3.8, 4) is 0 Å². The Balaban J connectivity index is 1.76. The fraction of sp³-hybridized carbons (Fsp3) is 0.353. The summed E-state index contributed by atoms with van der Waals surface area (Å²) in [5, 5.41) is 0.799. The fourth-order valence-corrected chi connectivity index (χ4v) is 3.89. The zero-order valence-corrected chi connectivity index (χ0v) is 14.6. The summed E-state index contributed by atoms with van der Waals surface area (Å²) < 4.78 is 21.3. The van der Waals surface area contributed by atoms with Crippen molar-refractivity contribution in [2.24, 2.45) is 0 Å². The van der Waals surface area contributed by atoms with E-state index in [0.717, 1.165) is 29.3 Å². The van der Waals surface area contributed by atoms with Gasteiger partial charge in [-0.1, -0.05) is 17.4 Å². The van der Waals surface area contributed by atoms with Gasteiger partial charge in [-0.25, -0.2) is 9.37 Å². The van der Waals surface area contributed by atoms with Crippen LogP contribution in [0.1, 0.15) is 11.1 Å². The van der Waals surface area contributed by atoms with Gasteiger partial charge < -0.3 is 14.2 Å². The van der Waals surface area contributed by atoms with Crippen molar-refractivity contribution in [1.82, 2.24) is 14.5 Å². The van der Waals surface area contributed by atoms with E-state index < -0.39 is 0 Å². The maximum absolute atomic E-state index is 13.6. The van der Waals surface area contributed by atoms with E-state index in [1.165, 1.54) is 29.8 Å². The zero-order valence-electron chi connectivity index (χ0n) is 13.7. The smallest absolute Gasteiger partial charge is 0.292 e. The van der Waals surface area contributed by atoms with E-state index in [-0.39, 0.29) is 11.4 Å². The summed E-state index contributed by atoms with van der Waals surface area (Å²) in [7, 11) is 0. The zero-order chi connectivity index (χ0) is 17.4. The van der Waals surface area contributed by atoms with Gasteiger partial charge in [0, 0.05) is 13.1 Å². The second-order valence-electron chi connectivity index (χ2n) is 6.00. The Morgan fingerprint density at radius 1 is 1.32 bits per heavy atom. The predicted molar refractivity (Wildman–Crippen MR) is 94.9 cm³/mol. The van der Waals surface area contributed by atoms with Gasteiger partial charge in [0.05, 0.1) is 19.8 Å². The van der Waals surface area contributed by atoms with Crippen molar-refractivity contribution < 1.29 is 9.13 Å². The highest BCUT2D eigenvalue weighted by atomic mass is 32.1. The number of ether oxygens (including phenoxy) is 1. The largest absolute Gasteiger partial charge is 0.378 e. The van der Waals surface area contributed by atoms with Crippen LogP contribution in [0.25, 0.3) is 10.3 Å². The quantitative estimate of drug-likeness (QED) is 0.717. The Kier molecular flexibility index (Phi) is 4.22. The van der Waals surface area contributed by atoms with E-state index >= 15 is 0 Å². The summed E-state index contributed by atoms with van der Waals surface area (Å²) in [6.45, 7) is 5.17. The van der Waals surface area contributed by atoms with E-state index in [9.17, 15) is 9.18 Å². The van der Waals surface area contributed by atoms with E-state index in [2.05, 4.69) is 14.9 Å². The Bertz CT molecular complexity index is 978. The summed E-state index contributed by atoms with van der Waals surface area (Å²) in [6.07, 6.45) is 1.48. The van der Waals surface area contributed by atoms with Crippen LogP contribution in [0.2, 0.25) is 0 Å². The van der Waals surface area contributed by atoms with E-state index in [1.807, 2.05) is 6.92 Å². The third kappa shape index (κ3) is 3.14. The van der Waals surface area contributed by atoms with Crippen LogP contribution in [-0.2, 0) is 11.3 Å². The van der Waals surface area contributed by atoms with Gasteiger partial charge in [0.25, 0.3) is 5.56 Å². The fourth-order valence-electron chi connectivity index (χ4n) is 2.87. The number of anilines is 1. The summed E-state index contributed by atoms with van der Waals surface area (Å²) in [4.78, 5) is 22.9. The maximum Gasteiger partial charge on any atom is 0.292 e. The SMILES string of the molecule is Cc1ccc(F)cc1Cn1cnc(=O)c2sc(N3CCOCC3)nc21. The first-order valence-corrected chi connectivity index (χ1v) is 8.87. The van der Waals surface area contributed by atoms with Gasteiger partial charge in [-0.2, -0.15) is 4.98 Å². The van der Waals surface area contributed by atoms with Gasteiger partial charge in [0.1, 0.15) is 16.8 Å². The molecule has 1 aliphatic rings. The maximum atomic E-state index is 13.6. The molecule has 25 heavy (non-hydrogen) atoms. The molecule has 0 N–H and O–H groups in total. The minimum Gasteiger partial charge on any atom is -0.378 e. The number of halogens is 1. The summed E-state index contributed by atoms with van der Waals surface area (Å²) in [5.74, 6) is -0.280. The predicted octanol–water partition coefficient (Wildman–Crippen LogP) is 2.19. The molecule has 0 spiro atoms. The molecule has 2 aromatic heterocycles. The minimum atomic E-state index is -0.280. The van der Waals surface area contributed by atoms with Gasteiger partial charge >= 0.3 is 0 Å². The first kappa shape index (κ1) is 16.2. The Morgan fingerprint density at radius 2 is 2.12 bits per heavy atom. The van der Waals surface area contributed by atoms with E-state index in [0.29, 0.717) is 30.1 Å². The van der Waals surface area contributed by atoms with Crippen LogP contribution in [0.4, 0.5) is 9.52 Å². The molecule has 1 aliphatic heterocycles. The molecule has 0 amide bonds. The molecule has 130 valence electrons. The molecule has 0 radical (unpaired) electrons. The Morgan fingerprint density at radius 3 is 2.92 bits per heavy atom. The van der Waals surface area contributed by atoms with Gasteiger partial charge in [-0.05, 0) is 30.2 Å².